The third kappa shape index (κ3) is 4.20. The summed E-state index contributed by atoms with van der Waals surface area (Å²) in [5, 5.41) is 0. The summed E-state index contributed by atoms with van der Waals surface area (Å²) < 4.78 is 12.1. The second-order valence-electron chi connectivity index (χ2n) is 8.64. The molecular formula is C25H29NO4. The molecule has 2 aliphatic rings. The van der Waals surface area contributed by atoms with E-state index in [0.29, 0.717) is 50.9 Å². The minimum atomic E-state index is -0.487. The molecule has 2 heterocycles. The van der Waals surface area contributed by atoms with Crippen molar-refractivity contribution in [1.82, 2.24) is 4.90 Å². The molecule has 0 aliphatic carbocycles. The molecule has 2 aliphatic heterocycles. The molecule has 30 heavy (non-hydrogen) atoms. The van der Waals surface area contributed by atoms with Crippen LogP contribution in [0.2, 0.25) is 0 Å². The highest BCUT2D eigenvalue weighted by molar-refractivity contribution is 6.01. The summed E-state index contributed by atoms with van der Waals surface area (Å²) in [5.74, 6) is 1.74. The van der Waals surface area contributed by atoms with Gasteiger partial charge in [0.15, 0.2) is 5.78 Å². The van der Waals surface area contributed by atoms with Crippen molar-refractivity contribution in [2.45, 2.75) is 52.1 Å². The Morgan fingerprint density at radius 2 is 1.77 bits per heavy atom. The summed E-state index contributed by atoms with van der Waals surface area (Å²) in [6.45, 7) is 7.60. The molecule has 5 nitrogen and oxygen atoms in total. The Kier molecular flexibility index (Phi) is 5.54. The molecule has 0 aromatic heterocycles. The molecule has 0 bridgehead atoms. The minimum Gasteiger partial charge on any atom is -0.493 e. The SMILES string of the molecule is Cc1ccc(OCCC(=O)N2CCC3(CC2)CC(=O)c2cc(C)cc(C)c2O3)cc1. The van der Waals surface area contributed by atoms with Crippen molar-refractivity contribution < 1.29 is 19.1 Å². The fourth-order valence-electron chi connectivity index (χ4n) is 4.43. The van der Waals surface area contributed by atoms with Crippen LogP contribution in [0.15, 0.2) is 36.4 Å². The first-order valence-electron chi connectivity index (χ1n) is 10.7. The van der Waals surface area contributed by atoms with Crippen LogP contribution in [0.3, 0.4) is 0 Å². The number of carbonyl (C=O) groups is 2. The summed E-state index contributed by atoms with van der Waals surface area (Å²) in [5.41, 5.74) is 3.47. The molecule has 1 fully saturated rings. The van der Waals surface area contributed by atoms with Gasteiger partial charge in [-0.05, 0) is 50.1 Å². The van der Waals surface area contributed by atoms with Gasteiger partial charge in [0.1, 0.15) is 17.1 Å². The highest BCUT2D eigenvalue weighted by Crippen LogP contribution is 2.41. The number of carbonyl (C=O) groups excluding carboxylic acids is 2. The molecular weight excluding hydrogens is 378 g/mol. The maximum Gasteiger partial charge on any atom is 0.226 e. The fourth-order valence-corrected chi connectivity index (χ4v) is 4.43. The van der Waals surface area contributed by atoms with Gasteiger partial charge in [0.25, 0.3) is 0 Å². The number of piperidine rings is 1. The Balaban J connectivity index is 1.32. The molecule has 1 amide bonds. The molecule has 1 spiro atoms. The van der Waals surface area contributed by atoms with E-state index in [1.54, 1.807) is 0 Å². The van der Waals surface area contributed by atoms with Crippen molar-refractivity contribution in [3.05, 3.63) is 58.7 Å². The Morgan fingerprint density at radius 3 is 2.47 bits per heavy atom. The van der Waals surface area contributed by atoms with E-state index in [1.165, 1.54) is 5.56 Å². The number of likely N-dealkylation sites (tertiary alicyclic amines) is 1. The zero-order valence-electron chi connectivity index (χ0n) is 18.0. The molecule has 4 rings (SSSR count). The minimum absolute atomic E-state index is 0.0892. The molecule has 0 atom stereocenters. The van der Waals surface area contributed by atoms with Gasteiger partial charge in [-0.1, -0.05) is 23.8 Å². The molecule has 2 aromatic carbocycles. The van der Waals surface area contributed by atoms with Gasteiger partial charge < -0.3 is 14.4 Å². The lowest BCUT2D eigenvalue weighted by Gasteiger charge is -2.44. The summed E-state index contributed by atoms with van der Waals surface area (Å²) in [7, 11) is 0. The van der Waals surface area contributed by atoms with Crippen molar-refractivity contribution in [1.29, 1.82) is 0 Å². The number of fused-ring (bicyclic) bond motifs is 1. The van der Waals surface area contributed by atoms with Gasteiger partial charge >= 0.3 is 0 Å². The second-order valence-corrected chi connectivity index (χ2v) is 8.64. The van der Waals surface area contributed by atoms with Crippen LogP contribution in [0, 0.1) is 20.8 Å². The highest BCUT2D eigenvalue weighted by atomic mass is 16.5. The first-order chi connectivity index (χ1) is 14.3. The fraction of sp³-hybridized carbons (Fsp3) is 0.440. The predicted molar refractivity (Wildman–Crippen MR) is 115 cm³/mol. The summed E-state index contributed by atoms with van der Waals surface area (Å²) in [6, 6.07) is 11.8. The molecule has 0 radical (unpaired) electrons. The number of hydrogen-bond acceptors (Lipinski definition) is 4. The molecule has 0 saturated carbocycles. The van der Waals surface area contributed by atoms with Crippen LogP contribution in [-0.2, 0) is 4.79 Å². The average Bonchev–Trinajstić information content (AvgIpc) is 2.71. The van der Waals surface area contributed by atoms with Crippen LogP contribution in [-0.4, -0.2) is 41.9 Å². The number of nitrogens with zero attached hydrogens (tertiary/aromatic N) is 1. The maximum absolute atomic E-state index is 12.8. The van der Waals surface area contributed by atoms with Crippen LogP contribution in [0.25, 0.3) is 0 Å². The van der Waals surface area contributed by atoms with E-state index in [9.17, 15) is 9.59 Å². The molecule has 158 valence electrons. The number of rotatable bonds is 4. The van der Waals surface area contributed by atoms with Crippen molar-refractivity contribution >= 4 is 11.7 Å². The van der Waals surface area contributed by atoms with Gasteiger partial charge in [0, 0.05) is 25.9 Å². The van der Waals surface area contributed by atoms with E-state index in [2.05, 4.69) is 6.07 Å². The number of amides is 1. The van der Waals surface area contributed by atoms with Crippen LogP contribution >= 0.6 is 0 Å². The third-order valence-electron chi connectivity index (χ3n) is 6.15. The van der Waals surface area contributed by atoms with Gasteiger partial charge in [0.2, 0.25) is 5.91 Å². The van der Waals surface area contributed by atoms with Crippen LogP contribution in [0.1, 0.15) is 52.7 Å². The van der Waals surface area contributed by atoms with Gasteiger partial charge in [-0.2, -0.15) is 0 Å². The van der Waals surface area contributed by atoms with E-state index in [0.717, 1.165) is 22.6 Å². The highest BCUT2D eigenvalue weighted by Gasteiger charge is 2.44. The maximum atomic E-state index is 12.8. The molecule has 5 heteroatoms. The normalized spacial score (nSPS) is 17.4. The monoisotopic (exact) mass is 407 g/mol. The number of benzene rings is 2. The van der Waals surface area contributed by atoms with Gasteiger partial charge in [-0.3, -0.25) is 9.59 Å². The van der Waals surface area contributed by atoms with Crippen molar-refractivity contribution in [2.75, 3.05) is 19.7 Å². The Bertz CT molecular complexity index is 956. The standard InChI is InChI=1S/C25H29NO4/c1-17-4-6-20(7-5-17)29-13-8-23(28)26-11-9-25(10-12-26)16-22(27)21-15-18(2)14-19(3)24(21)30-25/h4-7,14-15H,8-13,16H2,1-3H3. The van der Waals surface area contributed by atoms with E-state index in [4.69, 9.17) is 9.47 Å². The first-order valence-corrected chi connectivity index (χ1v) is 10.7. The largest absolute Gasteiger partial charge is 0.493 e. The second kappa shape index (κ2) is 8.13. The summed E-state index contributed by atoms with van der Waals surface area (Å²) in [6.07, 6.45) is 2.09. The Hall–Kier alpha value is -2.82. The molecule has 2 aromatic rings. The Morgan fingerprint density at radius 1 is 1.07 bits per heavy atom. The number of Topliss-reactive ketones (excluding diaryl/α,β-unsaturated/α-hetero) is 1. The number of aryl methyl sites for hydroxylation is 3. The Labute approximate surface area is 178 Å². The lowest BCUT2D eigenvalue weighted by Crippen LogP contribution is -2.52. The number of hydrogen-bond donors (Lipinski definition) is 0. The van der Waals surface area contributed by atoms with Crippen molar-refractivity contribution in [2.24, 2.45) is 0 Å². The van der Waals surface area contributed by atoms with E-state index in [-0.39, 0.29) is 11.7 Å². The summed E-state index contributed by atoms with van der Waals surface area (Å²) in [4.78, 5) is 27.3. The number of ketones is 1. The zero-order valence-corrected chi connectivity index (χ0v) is 18.0. The quantitative estimate of drug-likeness (QED) is 0.753. The van der Waals surface area contributed by atoms with E-state index in [1.807, 2.05) is 56.0 Å². The average molecular weight is 408 g/mol. The van der Waals surface area contributed by atoms with Crippen molar-refractivity contribution in [3.63, 3.8) is 0 Å². The van der Waals surface area contributed by atoms with E-state index < -0.39 is 5.60 Å². The lowest BCUT2D eigenvalue weighted by molar-refractivity contribution is -0.135. The zero-order chi connectivity index (χ0) is 21.3. The smallest absolute Gasteiger partial charge is 0.226 e. The van der Waals surface area contributed by atoms with Gasteiger partial charge in [0.05, 0.1) is 25.0 Å². The molecule has 0 N–H and O–H groups in total. The topological polar surface area (TPSA) is 55.8 Å². The summed E-state index contributed by atoms with van der Waals surface area (Å²) >= 11 is 0. The van der Waals surface area contributed by atoms with Crippen LogP contribution in [0.4, 0.5) is 0 Å². The molecule has 1 saturated heterocycles. The number of ether oxygens (including phenoxy) is 2. The van der Waals surface area contributed by atoms with E-state index >= 15 is 0 Å². The lowest BCUT2D eigenvalue weighted by atomic mass is 9.81. The third-order valence-corrected chi connectivity index (χ3v) is 6.15. The predicted octanol–water partition coefficient (Wildman–Crippen LogP) is 4.41. The van der Waals surface area contributed by atoms with Gasteiger partial charge in [-0.25, -0.2) is 0 Å². The molecule has 0 unspecified atom stereocenters. The van der Waals surface area contributed by atoms with Crippen LogP contribution in [0.5, 0.6) is 11.5 Å². The van der Waals surface area contributed by atoms with Gasteiger partial charge in [-0.15, -0.1) is 0 Å². The first kappa shape index (κ1) is 20.5. The van der Waals surface area contributed by atoms with Crippen molar-refractivity contribution in [3.8, 4) is 11.5 Å². The van der Waals surface area contributed by atoms with Crippen LogP contribution < -0.4 is 9.47 Å².